The Morgan fingerprint density at radius 1 is 1.22 bits per heavy atom. The van der Waals surface area contributed by atoms with E-state index >= 15 is 0 Å². The molecule has 104 valence electrons. The largest absolute Gasteiger partial charge is 0.396 e. The average Bonchev–Trinajstić information content (AvgIpc) is 2.38. The van der Waals surface area contributed by atoms with Gasteiger partial charge in [-0.15, -0.1) is 0 Å². The molecule has 3 N–H and O–H groups in total. The van der Waals surface area contributed by atoms with Gasteiger partial charge in [0, 0.05) is 24.5 Å². The number of aliphatic hydroxyl groups excluding tert-OH is 3. The number of hydrogen-bond donors (Lipinski definition) is 3. The molecule has 2 aliphatic carbocycles. The number of aliphatic hydroxyl groups is 3. The lowest BCUT2D eigenvalue weighted by molar-refractivity contribution is -0.116. The van der Waals surface area contributed by atoms with Gasteiger partial charge in [0.05, 0.1) is 6.61 Å². The van der Waals surface area contributed by atoms with Crippen LogP contribution in [0.4, 0.5) is 0 Å². The molecule has 0 aromatic carbocycles. The van der Waals surface area contributed by atoms with E-state index in [0.29, 0.717) is 0 Å². The van der Waals surface area contributed by atoms with Crippen LogP contribution in [-0.2, 0) is 0 Å². The molecule has 4 atom stereocenters. The second-order valence-electron chi connectivity index (χ2n) is 6.53. The van der Waals surface area contributed by atoms with Gasteiger partial charge in [0.25, 0.3) is 0 Å². The normalized spacial score (nSPS) is 44.4. The number of rotatable bonds is 3. The first kappa shape index (κ1) is 14.0. The maximum absolute atomic E-state index is 10.0. The maximum atomic E-state index is 10.0. The third-order valence-corrected chi connectivity index (χ3v) is 5.68. The topological polar surface area (TPSA) is 60.7 Å². The van der Waals surface area contributed by atoms with Crippen molar-refractivity contribution in [2.75, 3.05) is 19.8 Å². The third kappa shape index (κ3) is 1.84. The van der Waals surface area contributed by atoms with Crippen molar-refractivity contribution < 1.29 is 15.3 Å². The standard InChI is InChI=1S/C15H26O3/c1-11-4-5-13-14(2,9-17)6-3-7-15(13,10-18)12(11)8-16/h4,12-13,16-18H,3,5-10H2,1-2H3/t12-,13-,14+,15+/m1/s1. The van der Waals surface area contributed by atoms with Gasteiger partial charge in [0.1, 0.15) is 0 Å². The molecule has 0 aromatic heterocycles. The minimum absolute atomic E-state index is 0.0485. The zero-order valence-electron chi connectivity index (χ0n) is 11.5. The van der Waals surface area contributed by atoms with Crippen molar-refractivity contribution in [2.45, 2.75) is 39.5 Å². The van der Waals surface area contributed by atoms with Crippen LogP contribution < -0.4 is 0 Å². The molecular formula is C15H26O3. The summed E-state index contributed by atoms with van der Waals surface area (Å²) in [6, 6.07) is 0. The monoisotopic (exact) mass is 254 g/mol. The van der Waals surface area contributed by atoms with E-state index in [0.717, 1.165) is 25.7 Å². The molecule has 0 heterocycles. The van der Waals surface area contributed by atoms with Gasteiger partial charge >= 0.3 is 0 Å². The van der Waals surface area contributed by atoms with Crippen LogP contribution in [0.15, 0.2) is 11.6 Å². The predicted molar refractivity (Wildman–Crippen MR) is 71.0 cm³/mol. The Morgan fingerprint density at radius 3 is 2.50 bits per heavy atom. The minimum Gasteiger partial charge on any atom is -0.396 e. The molecule has 1 saturated carbocycles. The third-order valence-electron chi connectivity index (χ3n) is 5.68. The molecule has 0 aliphatic heterocycles. The lowest BCUT2D eigenvalue weighted by Gasteiger charge is -2.57. The molecule has 0 aromatic rings. The molecule has 0 amide bonds. The van der Waals surface area contributed by atoms with Crippen LogP contribution in [0.3, 0.4) is 0 Å². The summed E-state index contributed by atoms with van der Waals surface area (Å²) < 4.78 is 0. The fraction of sp³-hybridized carbons (Fsp3) is 0.867. The van der Waals surface area contributed by atoms with E-state index in [1.165, 1.54) is 5.57 Å². The summed E-state index contributed by atoms with van der Waals surface area (Å²) in [5.74, 6) is 0.321. The van der Waals surface area contributed by atoms with Crippen LogP contribution in [0.25, 0.3) is 0 Å². The van der Waals surface area contributed by atoms with E-state index in [-0.39, 0.29) is 42.5 Å². The van der Waals surface area contributed by atoms with Gasteiger partial charge in [-0.25, -0.2) is 0 Å². The van der Waals surface area contributed by atoms with Crippen LogP contribution in [0.5, 0.6) is 0 Å². The van der Waals surface area contributed by atoms with Gasteiger partial charge in [-0.2, -0.15) is 0 Å². The summed E-state index contributed by atoms with van der Waals surface area (Å²) in [6.07, 6.45) is 6.11. The lowest BCUT2D eigenvalue weighted by atomic mass is 9.48. The van der Waals surface area contributed by atoms with Crippen molar-refractivity contribution in [3.05, 3.63) is 11.6 Å². The number of allylic oxidation sites excluding steroid dienone is 1. The average molecular weight is 254 g/mol. The Morgan fingerprint density at radius 2 is 1.94 bits per heavy atom. The Hall–Kier alpha value is -0.380. The van der Waals surface area contributed by atoms with Crippen molar-refractivity contribution in [1.29, 1.82) is 0 Å². The first-order chi connectivity index (χ1) is 8.54. The van der Waals surface area contributed by atoms with E-state index in [9.17, 15) is 15.3 Å². The molecule has 0 radical (unpaired) electrons. The highest BCUT2D eigenvalue weighted by Gasteiger charge is 2.55. The SMILES string of the molecule is CC1=CC[C@@H]2[C@](C)(CO)CCC[C@]2(CO)[C@@H]1CO. The summed E-state index contributed by atoms with van der Waals surface area (Å²) in [5, 5.41) is 29.5. The Bertz CT molecular complexity index is 339. The molecule has 0 saturated heterocycles. The fourth-order valence-electron chi connectivity index (χ4n) is 4.51. The van der Waals surface area contributed by atoms with Crippen LogP contribution in [0, 0.1) is 22.7 Å². The summed E-state index contributed by atoms with van der Waals surface area (Å²) in [4.78, 5) is 0. The smallest absolute Gasteiger partial charge is 0.0502 e. The Balaban J connectivity index is 2.44. The van der Waals surface area contributed by atoms with Gasteiger partial charge in [0.2, 0.25) is 0 Å². The highest BCUT2D eigenvalue weighted by Crippen LogP contribution is 2.59. The Kier molecular flexibility index (Phi) is 3.86. The minimum atomic E-state index is -0.233. The molecule has 0 bridgehead atoms. The second-order valence-corrected chi connectivity index (χ2v) is 6.53. The van der Waals surface area contributed by atoms with E-state index in [1.807, 2.05) is 0 Å². The van der Waals surface area contributed by atoms with Crippen LogP contribution >= 0.6 is 0 Å². The van der Waals surface area contributed by atoms with Gasteiger partial charge < -0.3 is 15.3 Å². The summed E-state index contributed by atoms with van der Waals surface area (Å²) in [6.45, 7) is 4.57. The van der Waals surface area contributed by atoms with Gasteiger partial charge in [0.15, 0.2) is 0 Å². The highest BCUT2D eigenvalue weighted by atomic mass is 16.3. The summed E-state index contributed by atoms with van der Waals surface area (Å²) in [7, 11) is 0. The molecule has 2 rings (SSSR count). The first-order valence-corrected chi connectivity index (χ1v) is 7.03. The molecule has 0 spiro atoms. The molecule has 3 heteroatoms. The van der Waals surface area contributed by atoms with Crippen molar-refractivity contribution in [1.82, 2.24) is 0 Å². The zero-order valence-corrected chi connectivity index (χ0v) is 11.5. The van der Waals surface area contributed by atoms with Crippen molar-refractivity contribution in [2.24, 2.45) is 22.7 Å². The van der Waals surface area contributed by atoms with Crippen molar-refractivity contribution in [3.8, 4) is 0 Å². The van der Waals surface area contributed by atoms with Crippen molar-refractivity contribution >= 4 is 0 Å². The van der Waals surface area contributed by atoms with Crippen molar-refractivity contribution in [3.63, 3.8) is 0 Å². The zero-order chi connectivity index (χ0) is 13.4. The molecule has 1 fully saturated rings. The molecule has 18 heavy (non-hydrogen) atoms. The van der Waals surface area contributed by atoms with Gasteiger partial charge in [-0.05, 0) is 37.5 Å². The summed E-state index contributed by atoms with van der Waals surface area (Å²) >= 11 is 0. The molecular weight excluding hydrogens is 228 g/mol. The van der Waals surface area contributed by atoms with Crippen LogP contribution in [0.2, 0.25) is 0 Å². The fourth-order valence-corrected chi connectivity index (χ4v) is 4.51. The lowest BCUT2D eigenvalue weighted by Crippen LogP contribution is -2.55. The Labute approximate surface area is 110 Å². The number of fused-ring (bicyclic) bond motifs is 1. The first-order valence-electron chi connectivity index (χ1n) is 7.03. The predicted octanol–water partition coefficient (Wildman–Crippen LogP) is 1.72. The number of hydrogen-bond acceptors (Lipinski definition) is 3. The van der Waals surface area contributed by atoms with E-state index in [4.69, 9.17) is 0 Å². The van der Waals surface area contributed by atoms with Crippen LogP contribution in [0.1, 0.15) is 39.5 Å². The maximum Gasteiger partial charge on any atom is 0.0502 e. The molecule has 0 unspecified atom stereocenters. The van der Waals surface area contributed by atoms with Gasteiger partial charge in [-0.1, -0.05) is 25.0 Å². The molecule has 2 aliphatic rings. The van der Waals surface area contributed by atoms with Gasteiger partial charge in [-0.3, -0.25) is 0 Å². The molecule has 3 nitrogen and oxygen atoms in total. The highest BCUT2D eigenvalue weighted by molar-refractivity contribution is 5.19. The summed E-state index contributed by atoms with van der Waals surface area (Å²) in [5.41, 5.74) is 0.847. The van der Waals surface area contributed by atoms with E-state index in [2.05, 4.69) is 19.9 Å². The van der Waals surface area contributed by atoms with E-state index in [1.54, 1.807) is 0 Å². The van der Waals surface area contributed by atoms with Crippen LogP contribution in [-0.4, -0.2) is 35.1 Å². The second kappa shape index (κ2) is 4.95. The quantitative estimate of drug-likeness (QED) is 0.672. The van der Waals surface area contributed by atoms with E-state index < -0.39 is 0 Å².